The highest BCUT2D eigenvalue weighted by atomic mass is 79.9. The number of hydrogen-bond acceptors (Lipinski definition) is 2. The van der Waals surface area contributed by atoms with Gasteiger partial charge in [-0.2, -0.15) is 4.31 Å². The molecule has 1 saturated heterocycles. The molecule has 1 atom stereocenters. The molecule has 1 aliphatic heterocycles. The second kappa shape index (κ2) is 5.31. The molecule has 0 aliphatic carbocycles. The Kier molecular flexibility index (Phi) is 4.14. The minimum absolute atomic E-state index is 0.0992. The smallest absolute Gasteiger partial charge is 0.207 e. The molecule has 1 aromatic rings. The van der Waals surface area contributed by atoms with Crippen molar-refractivity contribution in [1.29, 1.82) is 0 Å². The van der Waals surface area contributed by atoms with Gasteiger partial charge in [0.2, 0.25) is 10.0 Å². The fourth-order valence-electron chi connectivity index (χ4n) is 2.41. The van der Waals surface area contributed by atoms with Gasteiger partial charge in [-0.05, 0) is 44.4 Å². The van der Waals surface area contributed by atoms with Crippen LogP contribution in [0.25, 0.3) is 0 Å². The van der Waals surface area contributed by atoms with Crippen LogP contribution in [0.1, 0.15) is 31.7 Å². The average Bonchev–Trinajstić information content (AvgIpc) is 2.32. The van der Waals surface area contributed by atoms with Gasteiger partial charge >= 0.3 is 0 Å². The van der Waals surface area contributed by atoms with Gasteiger partial charge in [0.15, 0.2) is 0 Å². The number of nitrogens with zero attached hydrogens (tertiary/aromatic N) is 1. The van der Waals surface area contributed by atoms with Gasteiger partial charge in [-0.1, -0.05) is 28.4 Å². The Hall–Kier alpha value is -0.390. The largest absolute Gasteiger partial charge is 0.243 e. The van der Waals surface area contributed by atoms with Crippen LogP contribution in [0.4, 0.5) is 0 Å². The Balaban J connectivity index is 2.44. The zero-order valence-corrected chi connectivity index (χ0v) is 13.1. The predicted octanol–water partition coefficient (Wildman–Crippen LogP) is 3.32. The maximum atomic E-state index is 12.7. The normalized spacial score (nSPS) is 22.1. The van der Waals surface area contributed by atoms with Crippen LogP contribution in [0.15, 0.2) is 27.6 Å². The zero-order chi connectivity index (χ0) is 13.3. The predicted molar refractivity (Wildman–Crippen MR) is 76.1 cm³/mol. The Bertz CT molecular complexity index is 542. The summed E-state index contributed by atoms with van der Waals surface area (Å²) in [7, 11) is -3.36. The molecule has 0 aromatic heterocycles. The van der Waals surface area contributed by atoms with Crippen molar-refractivity contribution in [2.45, 2.75) is 44.0 Å². The van der Waals surface area contributed by atoms with Crippen LogP contribution in [-0.2, 0) is 10.0 Å². The molecule has 0 saturated carbocycles. The minimum atomic E-state index is -3.36. The number of hydrogen-bond donors (Lipinski definition) is 0. The summed E-state index contributed by atoms with van der Waals surface area (Å²) < 4.78 is 27.8. The van der Waals surface area contributed by atoms with E-state index >= 15 is 0 Å². The summed E-state index contributed by atoms with van der Waals surface area (Å²) in [6, 6.07) is 5.51. The van der Waals surface area contributed by atoms with Crippen molar-refractivity contribution in [3.8, 4) is 0 Å². The molecule has 0 unspecified atom stereocenters. The van der Waals surface area contributed by atoms with Crippen LogP contribution in [0.2, 0.25) is 0 Å². The van der Waals surface area contributed by atoms with E-state index in [2.05, 4.69) is 15.9 Å². The van der Waals surface area contributed by atoms with E-state index in [9.17, 15) is 8.42 Å². The molecule has 18 heavy (non-hydrogen) atoms. The topological polar surface area (TPSA) is 37.4 Å². The third-order valence-corrected chi connectivity index (χ3v) is 6.13. The summed E-state index contributed by atoms with van der Waals surface area (Å²) in [6.07, 6.45) is 3.02. The van der Waals surface area contributed by atoms with Crippen molar-refractivity contribution < 1.29 is 8.42 Å². The first-order chi connectivity index (χ1) is 8.43. The Labute approximate surface area is 117 Å². The van der Waals surface area contributed by atoms with Crippen LogP contribution < -0.4 is 0 Å². The van der Waals surface area contributed by atoms with Crippen LogP contribution >= 0.6 is 15.9 Å². The standard InChI is InChI=1S/C13H18BrNO2S/c1-10-6-7-12(14)9-13(10)18(16,17)15-8-4-3-5-11(15)2/h6-7,9,11H,3-5,8H2,1-2H3/t11-/m0/s1. The molecular formula is C13H18BrNO2S. The molecule has 3 nitrogen and oxygen atoms in total. The van der Waals surface area contributed by atoms with Crippen molar-refractivity contribution in [3.63, 3.8) is 0 Å². The molecule has 0 bridgehead atoms. The van der Waals surface area contributed by atoms with Crippen molar-refractivity contribution in [3.05, 3.63) is 28.2 Å². The highest BCUT2D eigenvalue weighted by Crippen LogP contribution is 2.28. The maximum absolute atomic E-state index is 12.7. The summed E-state index contributed by atoms with van der Waals surface area (Å²) in [5.41, 5.74) is 0.802. The van der Waals surface area contributed by atoms with Gasteiger partial charge in [0, 0.05) is 17.1 Å². The first-order valence-electron chi connectivity index (χ1n) is 6.21. The van der Waals surface area contributed by atoms with Crippen LogP contribution in [0.5, 0.6) is 0 Å². The van der Waals surface area contributed by atoms with E-state index in [1.807, 2.05) is 26.0 Å². The van der Waals surface area contributed by atoms with E-state index in [4.69, 9.17) is 0 Å². The number of benzene rings is 1. The van der Waals surface area contributed by atoms with Crippen molar-refractivity contribution in [1.82, 2.24) is 4.31 Å². The lowest BCUT2D eigenvalue weighted by atomic mass is 10.1. The number of halogens is 1. The van der Waals surface area contributed by atoms with E-state index in [1.54, 1.807) is 10.4 Å². The third-order valence-electron chi connectivity index (χ3n) is 3.48. The van der Waals surface area contributed by atoms with E-state index in [1.165, 1.54) is 0 Å². The van der Waals surface area contributed by atoms with E-state index < -0.39 is 10.0 Å². The lowest BCUT2D eigenvalue weighted by molar-refractivity contribution is 0.268. The fraction of sp³-hybridized carbons (Fsp3) is 0.538. The van der Waals surface area contributed by atoms with Crippen LogP contribution in [0, 0.1) is 6.92 Å². The molecule has 1 aromatic carbocycles. The molecule has 0 N–H and O–H groups in total. The minimum Gasteiger partial charge on any atom is -0.207 e. The molecule has 2 rings (SSSR count). The summed E-state index contributed by atoms with van der Waals surface area (Å²) in [4.78, 5) is 0.422. The molecule has 0 amide bonds. The molecule has 1 heterocycles. The second-order valence-corrected chi connectivity index (χ2v) is 7.65. The molecule has 0 spiro atoms. The van der Waals surface area contributed by atoms with Gasteiger partial charge in [0.1, 0.15) is 0 Å². The third kappa shape index (κ3) is 2.63. The fourth-order valence-corrected chi connectivity index (χ4v) is 4.87. The first kappa shape index (κ1) is 14.0. The van der Waals surface area contributed by atoms with Crippen LogP contribution in [-0.4, -0.2) is 25.3 Å². The van der Waals surface area contributed by atoms with Crippen molar-refractivity contribution >= 4 is 26.0 Å². The van der Waals surface area contributed by atoms with Gasteiger partial charge in [-0.25, -0.2) is 8.42 Å². The second-order valence-electron chi connectivity index (χ2n) is 4.87. The zero-order valence-electron chi connectivity index (χ0n) is 10.7. The highest BCUT2D eigenvalue weighted by molar-refractivity contribution is 9.10. The molecule has 5 heteroatoms. The number of sulfonamides is 1. The summed E-state index contributed by atoms with van der Waals surface area (Å²) in [5, 5.41) is 0. The summed E-state index contributed by atoms with van der Waals surface area (Å²) >= 11 is 3.34. The summed E-state index contributed by atoms with van der Waals surface area (Å²) in [5.74, 6) is 0. The molecule has 1 fully saturated rings. The lowest BCUT2D eigenvalue weighted by Crippen LogP contribution is -2.42. The van der Waals surface area contributed by atoms with Crippen LogP contribution in [0.3, 0.4) is 0 Å². The number of piperidine rings is 1. The Morgan fingerprint density at radius 1 is 1.33 bits per heavy atom. The monoisotopic (exact) mass is 331 g/mol. The van der Waals surface area contributed by atoms with E-state index in [-0.39, 0.29) is 6.04 Å². The van der Waals surface area contributed by atoms with Gasteiger partial charge in [-0.3, -0.25) is 0 Å². The lowest BCUT2D eigenvalue weighted by Gasteiger charge is -2.32. The Morgan fingerprint density at radius 3 is 2.72 bits per heavy atom. The van der Waals surface area contributed by atoms with Gasteiger partial charge < -0.3 is 0 Å². The van der Waals surface area contributed by atoms with E-state index in [0.29, 0.717) is 11.4 Å². The van der Waals surface area contributed by atoms with Crippen molar-refractivity contribution in [2.24, 2.45) is 0 Å². The van der Waals surface area contributed by atoms with Gasteiger partial charge in [0.25, 0.3) is 0 Å². The molecule has 1 aliphatic rings. The quantitative estimate of drug-likeness (QED) is 0.833. The maximum Gasteiger partial charge on any atom is 0.243 e. The van der Waals surface area contributed by atoms with Gasteiger partial charge in [0.05, 0.1) is 4.90 Å². The number of rotatable bonds is 2. The summed E-state index contributed by atoms with van der Waals surface area (Å²) in [6.45, 7) is 4.47. The highest BCUT2D eigenvalue weighted by Gasteiger charge is 2.31. The Morgan fingerprint density at radius 2 is 2.06 bits per heavy atom. The molecule has 0 radical (unpaired) electrons. The molecule has 100 valence electrons. The number of aryl methyl sites for hydroxylation is 1. The average molecular weight is 332 g/mol. The SMILES string of the molecule is Cc1ccc(Br)cc1S(=O)(=O)N1CCCC[C@@H]1C. The van der Waals surface area contributed by atoms with Crippen molar-refractivity contribution in [2.75, 3.05) is 6.54 Å². The van der Waals surface area contributed by atoms with E-state index in [0.717, 1.165) is 29.3 Å². The molecular weight excluding hydrogens is 314 g/mol. The van der Waals surface area contributed by atoms with Gasteiger partial charge in [-0.15, -0.1) is 0 Å². The first-order valence-corrected chi connectivity index (χ1v) is 8.44.